The molecular weight excluding hydrogens is 280 g/mol. The van der Waals surface area contributed by atoms with Gasteiger partial charge in [0.1, 0.15) is 11.6 Å². The van der Waals surface area contributed by atoms with Gasteiger partial charge in [-0.15, -0.1) is 0 Å². The Morgan fingerprint density at radius 2 is 2.19 bits per heavy atom. The molecule has 1 heterocycles. The van der Waals surface area contributed by atoms with Crippen LogP contribution in [0.5, 0.6) is 0 Å². The summed E-state index contributed by atoms with van der Waals surface area (Å²) >= 11 is 0. The molecule has 6 heteroatoms. The highest BCUT2D eigenvalue weighted by Gasteiger charge is 2.39. The largest absolute Gasteiger partial charge is 0.481 e. The molecule has 1 aliphatic rings. The Morgan fingerprint density at radius 3 is 2.81 bits per heavy atom. The summed E-state index contributed by atoms with van der Waals surface area (Å²) in [6.07, 6.45) is 0. The first-order valence-corrected chi connectivity index (χ1v) is 6.97. The molecule has 2 rings (SSSR count). The van der Waals surface area contributed by atoms with Crippen LogP contribution in [0.1, 0.15) is 25.5 Å². The standard InChI is InChI=1S/C15H19F2NO3/c1-3-18(14-8-21-7-12(14)15(19)20)9(2)11-6-10(16)4-5-13(11)17/h4-6,9,12,14H,3,7-8H2,1-2H3,(H,19,20). The van der Waals surface area contributed by atoms with Gasteiger partial charge in [0.05, 0.1) is 19.1 Å². The fourth-order valence-corrected chi connectivity index (χ4v) is 2.91. The Labute approximate surface area is 122 Å². The second kappa shape index (κ2) is 6.49. The van der Waals surface area contributed by atoms with E-state index in [9.17, 15) is 18.7 Å². The molecule has 1 saturated heterocycles. The van der Waals surface area contributed by atoms with Gasteiger partial charge in [-0.2, -0.15) is 0 Å². The molecule has 0 spiro atoms. The first-order chi connectivity index (χ1) is 9.95. The molecule has 0 bridgehead atoms. The minimum Gasteiger partial charge on any atom is -0.481 e. The van der Waals surface area contributed by atoms with Crippen LogP contribution < -0.4 is 0 Å². The molecule has 1 aromatic carbocycles. The average Bonchev–Trinajstić information content (AvgIpc) is 2.91. The number of carbonyl (C=O) groups is 1. The molecule has 0 saturated carbocycles. The second-order valence-corrected chi connectivity index (χ2v) is 5.22. The Hall–Kier alpha value is -1.53. The number of carboxylic acid groups (broad SMARTS) is 1. The first-order valence-electron chi connectivity index (χ1n) is 6.97. The van der Waals surface area contributed by atoms with E-state index >= 15 is 0 Å². The molecular formula is C15H19F2NO3. The Bertz CT molecular complexity index is 524. The number of likely N-dealkylation sites (N-methyl/N-ethyl adjacent to an activating group) is 1. The summed E-state index contributed by atoms with van der Waals surface area (Å²) in [5, 5.41) is 9.24. The van der Waals surface area contributed by atoms with Crippen molar-refractivity contribution in [3.63, 3.8) is 0 Å². The van der Waals surface area contributed by atoms with Crippen LogP contribution in [0.15, 0.2) is 18.2 Å². The number of nitrogens with zero attached hydrogens (tertiary/aromatic N) is 1. The van der Waals surface area contributed by atoms with Gasteiger partial charge < -0.3 is 9.84 Å². The maximum absolute atomic E-state index is 13.9. The topological polar surface area (TPSA) is 49.8 Å². The van der Waals surface area contributed by atoms with Gasteiger partial charge in [0, 0.05) is 17.6 Å². The molecule has 21 heavy (non-hydrogen) atoms. The van der Waals surface area contributed by atoms with Crippen molar-refractivity contribution in [2.45, 2.75) is 25.9 Å². The van der Waals surface area contributed by atoms with Crippen LogP contribution in [0.25, 0.3) is 0 Å². The van der Waals surface area contributed by atoms with Crippen LogP contribution >= 0.6 is 0 Å². The van der Waals surface area contributed by atoms with Gasteiger partial charge in [-0.1, -0.05) is 6.92 Å². The molecule has 1 fully saturated rings. The summed E-state index contributed by atoms with van der Waals surface area (Å²) in [6, 6.07) is 2.55. The van der Waals surface area contributed by atoms with Gasteiger partial charge in [0.25, 0.3) is 0 Å². The third kappa shape index (κ3) is 3.22. The highest BCUT2D eigenvalue weighted by Crippen LogP contribution is 2.30. The summed E-state index contributed by atoms with van der Waals surface area (Å²) < 4.78 is 32.5. The fourth-order valence-electron chi connectivity index (χ4n) is 2.91. The quantitative estimate of drug-likeness (QED) is 0.907. The van der Waals surface area contributed by atoms with Crippen molar-refractivity contribution in [1.29, 1.82) is 0 Å². The van der Waals surface area contributed by atoms with Crippen LogP contribution in [0.4, 0.5) is 8.78 Å². The van der Waals surface area contributed by atoms with E-state index < -0.39 is 29.6 Å². The predicted octanol–water partition coefficient (Wildman–Crippen LogP) is 2.45. The van der Waals surface area contributed by atoms with Gasteiger partial charge in [-0.3, -0.25) is 9.69 Å². The van der Waals surface area contributed by atoms with Crippen LogP contribution in [0.3, 0.4) is 0 Å². The van der Waals surface area contributed by atoms with Gasteiger partial charge in [-0.25, -0.2) is 8.78 Å². The summed E-state index contributed by atoms with van der Waals surface area (Å²) in [5.74, 6) is -2.58. The molecule has 3 unspecified atom stereocenters. The highest BCUT2D eigenvalue weighted by atomic mass is 19.1. The van der Waals surface area contributed by atoms with Gasteiger partial charge in [0.2, 0.25) is 0 Å². The number of rotatable bonds is 5. The van der Waals surface area contributed by atoms with Gasteiger partial charge >= 0.3 is 5.97 Å². The summed E-state index contributed by atoms with van der Waals surface area (Å²) in [6.45, 7) is 4.57. The van der Waals surface area contributed by atoms with E-state index in [2.05, 4.69) is 0 Å². The van der Waals surface area contributed by atoms with Crippen LogP contribution in [-0.4, -0.2) is 41.8 Å². The monoisotopic (exact) mass is 299 g/mol. The Morgan fingerprint density at radius 1 is 1.48 bits per heavy atom. The van der Waals surface area contributed by atoms with Gasteiger partial charge in [-0.05, 0) is 31.7 Å². The van der Waals surface area contributed by atoms with Crippen molar-refractivity contribution >= 4 is 5.97 Å². The number of benzene rings is 1. The summed E-state index contributed by atoms with van der Waals surface area (Å²) in [5.41, 5.74) is 0.230. The van der Waals surface area contributed by atoms with E-state index in [0.29, 0.717) is 6.54 Å². The molecule has 3 atom stereocenters. The zero-order valence-corrected chi connectivity index (χ0v) is 12.1. The van der Waals surface area contributed by atoms with Crippen LogP contribution in [0.2, 0.25) is 0 Å². The van der Waals surface area contributed by atoms with Crippen molar-refractivity contribution in [2.24, 2.45) is 5.92 Å². The minimum atomic E-state index is -0.928. The molecule has 0 aromatic heterocycles. The molecule has 1 N–H and O–H groups in total. The number of aliphatic carboxylic acids is 1. The number of carboxylic acids is 1. The van der Waals surface area contributed by atoms with Crippen LogP contribution in [0, 0.1) is 17.6 Å². The van der Waals surface area contributed by atoms with Crippen molar-refractivity contribution in [1.82, 2.24) is 4.90 Å². The zero-order chi connectivity index (χ0) is 15.6. The molecule has 4 nitrogen and oxygen atoms in total. The maximum Gasteiger partial charge on any atom is 0.310 e. The molecule has 1 aromatic rings. The number of hydrogen-bond acceptors (Lipinski definition) is 3. The third-order valence-electron chi connectivity index (χ3n) is 4.06. The predicted molar refractivity (Wildman–Crippen MR) is 72.9 cm³/mol. The van der Waals surface area contributed by atoms with Crippen molar-refractivity contribution in [3.8, 4) is 0 Å². The van der Waals surface area contributed by atoms with Crippen molar-refractivity contribution < 1.29 is 23.4 Å². The summed E-state index contributed by atoms with van der Waals surface area (Å²) in [7, 11) is 0. The van der Waals surface area contributed by atoms with E-state index in [4.69, 9.17) is 4.74 Å². The van der Waals surface area contributed by atoms with E-state index in [0.717, 1.165) is 18.2 Å². The van der Waals surface area contributed by atoms with Gasteiger partial charge in [0.15, 0.2) is 0 Å². The third-order valence-corrected chi connectivity index (χ3v) is 4.06. The van der Waals surface area contributed by atoms with Crippen LogP contribution in [-0.2, 0) is 9.53 Å². The lowest BCUT2D eigenvalue weighted by atomic mass is 9.98. The number of ether oxygens (including phenoxy) is 1. The SMILES string of the molecule is CCN(C(C)c1cc(F)ccc1F)C1COCC1C(=O)O. The second-order valence-electron chi connectivity index (χ2n) is 5.22. The lowest BCUT2D eigenvalue weighted by Crippen LogP contribution is -2.44. The minimum absolute atomic E-state index is 0.148. The maximum atomic E-state index is 13.9. The zero-order valence-electron chi connectivity index (χ0n) is 12.1. The first kappa shape index (κ1) is 15.9. The average molecular weight is 299 g/mol. The smallest absolute Gasteiger partial charge is 0.310 e. The van der Waals surface area contributed by atoms with E-state index in [1.165, 1.54) is 0 Å². The van der Waals surface area contributed by atoms with E-state index in [-0.39, 0.29) is 24.8 Å². The molecule has 0 aliphatic carbocycles. The Balaban J connectivity index is 2.28. The lowest BCUT2D eigenvalue weighted by molar-refractivity contribution is -0.143. The number of hydrogen-bond donors (Lipinski definition) is 1. The Kier molecular flexibility index (Phi) is 4.90. The number of halogens is 2. The molecule has 1 aliphatic heterocycles. The molecule has 0 amide bonds. The van der Waals surface area contributed by atoms with E-state index in [1.807, 2.05) is 11.8 Å². The molecule has 116 valence electrons. The van der Waals surface area contributed by atoms with E-state index in [1.54, 1.807) is 6.92 Å². The van der Waals surface area contributed by atoms with Crippen molar-refractivity contribution in [3.05, 3.63) is 35.4 Å². The lowest BCUT2D eigenvalue weighted by Gasteiger charge is -2.35. The normalized spacial score (nSPS) is 23.5. The fraction of sp³-hybridized carbons (Fsp3) is 0.533. The summed E-state index contributed by atoms with van der Waals surface area (Å²) in [4.78, 5) is 13.1. The van der Waals surface area contributed by atoms with Crippen molar-refractivity contribution in [2.75, 3.05) is 19.8 Å². The highest BCUT2D eigenvalue weighted by molar-refractivity contribution is 5.71. The molecule has 0 radical (unpaired) electrons.